The zero-order chi connectivity index (χ0) is 11.2. The molecule has 0 aliphatic carbocycles. The maximum absolute atomic E-state index is 5.86. The van der Waals surface area contributed by atoms with Crippen LogP contribution in [-0.2, 0) is 5.41 Å². The smallest absolute Gasteiger partial charge is 0.0446 e. The highest BCUT2D eigenvalue weighted by Crippen LogP contribution is 2.42. The average molecular weight is 202 g/mol. The second kappa shape index (κ2) is 3.02. The van der Waals surface area contributed by atoms with Gasteiger partial charge in [-0.2, -0.15) is 0 Å². The molecule has 0 spiro atoms. The van der Waals surface area contributed by atoms with Crippen LogP contribution in [0, 0.1) is 0 Å². The topological polar surface area (TPSA) is 29.3 Å². The zero-order valence-electron chi connectivity index (χ0n) is 9.83. The van der Waals surface area contributed by atoms with Crippen LogP contribution in [-0.4, -0.2) is 7.05 Å². The first-order valence-corrected chi connectivity index (χ1v) is 5.24. The highest BCUT2D eigenvalue weighted by Gasteiger charge is 2.30. The van der Waals surface area contributed by atoms with Gasteiger partial charge in [-0.15, -0.1) is 0 Å². The highest BCUT2D eigenvalue weighted by molar-refractivity contribution is 5.67. The molecule has 0 unspecified atom stereocenters. The van der Waals surface area contributed by atoms with E-state index in [1.54, 1.807) is 0 Å². The van der Waals surface area contributed by atoms with Crippen LogP contribution in [0.4, 0.5) is 11.4 Å². The Morgan fingerprint density at radius 1 is 1.27 bits per heavy atom. The number of hydrogen-bond donors (Lipinski definition) is 1. The summed E-state index contributed by atoms with van der Waals surface area (Å²) in [4.78, 5) is 2.16. The van der Waals surface area contributed by atoms with Gasteiger partial charge in [-0.3, -0.25) is 0 Å². The SMILES string of the molecule is CC1=CN(C)c2ccc(N)cc2C1(C)C. The van der Waals surface area contributed by atoms with Crippen LogP contribution in [0.2, 0.25) is 0 Å². The van der Waals surface area contributed by atoms with Crippen LogP contribution in [0.5, 0.6) is 0 Å². The van der Waals surface area contributed by atoms with Crippen molar-refractivity contribution in [1.29, 1.82) is 0 Å². The predicted molar refractivity (Wildman–Crippen MR) is 66.0 cm³/mol. The minimum absolute atomic E-state index is 0.0806. The molecule has 0 aromatic heterocycles. The van der Waals surface area contributed by atoms with Crippen molar-refractivity contribution < 1.29 is 0 Å². The standard InChI is InChI=1S/C13H18N2/c1-9-8-15(4)12-6-5-10(14)7-11(12)13(9,2)3/h5-8H,14H2,1-4H3. The van der Waals surface area contributed by atoms with Crippen molar-refractivity contribution in [2.45, 2.75) is 26.2 Å². The van der Waals surface area contributed by atoms with Gasteiger partial charge in [0.25, 0.3) is 0 Å². The first-order chi connectivity index (χ1) is 6.93. The molecule has 1 aromatic rings. The molecule has 1 aliphatic heterocycles. The third kappa shape index (κ3) is 1.41. The van der Waals surface area contributed by atoms with E-state index >= 15 is 0 Å². The highest BCUT2D eigenvalue weighted by atomic mass is 15.1. The monoisotopic (exact) mass is 202 g/mol. The Morgan fingerprint density at radius 2 is 1.93 bits per heavy atom. The summed E-state index contributed by atoms with van der Waals surface area (Å²) in [5.74, 6) is 0. The molecule has 0 amide bonds. The van der Waals surface area contributed by atoms with Crippen LogP contribution in [0.1, 0.15) is 26.3 Å². The van der Waals surface area contributed by atoms with Crippen LogP contribution in [0.15, 0.2) is 30.0 Å². The molecule has 0 saturated carbocycles. The Kier molecular flexibility index (Phi) is 2.03. The summed E-state index contributed by atoms with van der Waals surface area (Å²) in [5.41, 5.74) is 10.7. The van der Waals surface area contributed by atoms with Gasteiger partial charge in [0.2, 0.25) is 0 Å². The van der Waals surface area contributed by atoms with E-state index < -0.39 is 0 Å². The fraction of sp³-hybridized carbons (Fsp3) is 0.385. The average Bonchev–Trinajstić information content (AvgIpc) is 2.15. The molecule has 2 nitrogen and oxygen atoms in total. The Hall–Kier alpha value is -1.44. The number of nitrogen functional groups attached to an aromatic ring is 1. The Labute approximate surface area is 91.4 Å². The van der Waals surface area contributed by atoms with Crippen molar-refractivity contribution in [2.75, 3.05) is 17.7 Å². The summed E-state index contributed by atoms with van der Waals surface area (Å²) in [5, 5.41) is 0. The fourth-order valence-corrected chi connectivity index (χ4v) is 2.10. The Bertz CT molecular complexity index is 430. The van der Waals surface area contributed by atoms with Crippen molar-refractivity contribution in [1.82, 2.24) is 0 Å². The van der Waals surface area contributed by atoms with E-state index in [2.05, 4.69) is 51.1 Å². The largest absolute Gasteiger partial charge is 0.399 e. The Morgan fingerprint density at radius 3 is 2.60 bits per heavy atom. The van der Waals surface area contributed by atoms with Crippen molar-refractivity contribution in [3.63, 3.8) is 0 Å². The minimum atomic E-state index is 0.0806. The van der Waals surface area contributed by atoms with Gasteiger partial charge in [0.05, 0.1) is 0 Å². The number of rotatable bonds is 0. The summed E-state index contributed by atoms with van der Waals surface area (Å²) in [6.07, 6.45) is 2.19. The van der Waals surface area contributed by atoms with E-state index in [9.17, 15) is 0 Å². The molecule has 0 fully saturated rings. The van der Waals surface area contributed by atoms with Gasteiger partial charge in [0, 0.05) is 30.0 Å². The lowest BCUT2D eigenvalue weighted by Crippen LogP contribution is -2.29. The lowest BCUT2D eigenvalue weighted by atomic mass is 9.75. The fourth-order valence-electron chi connectivity index (χ4n) is 2.10. The van der Waals surface area contributed by atoms with E-state index in [-0.39, 0.29) is 5.41 Å². The normalized spacial score (nSPS) is 18.4. The summed E-state index contributed by atoms with van der Waals surface area (Å²) in [6, 6.07) is 6.14. The molecule has 1 heterocycles. The van der Waals surface area contributed by atoms with E-state index in [1.807, 2.05) is 6.07 Å². The van der Waals surface area contributed by atoms with Gasteiger partial charge < -0.3 is 10.6 Å². The van der Waals surface area contributed by atoms with E-state index in [4.69, 9.17) is 5.73 Å². The van der Waals surface area contributed by atoms with E-state index in [0.29, 0.717) is 0 Å². The van der Waals surface area contributed by atoms with Gasteiger partial charge in [-0.05, 0) is 36.3 Å². The second-order valence-corrected chi connectivity index (χ2v) is 4.82. The number of fused-ring (bicyclic) bond motifs is 1. The predicted octanol–water partition coefficient (Wildman–Crippen LogP) is 2.90. The van der Waals surface area contributed by atoms with Gasteiger partial charge in [0.1, 0.15) is 0 Å². The minimum Gasteiger partial charge on any atom is -0.399 e. The van der Waals surface area contributed by atoms with Gasteiger partial charge in [0.15, 0.2) is 0 Å². The molecule has 2 N–H and O–H groups in total. The summed E-state index contributed by atoms with van der Waals surface area (Å²) in [6.45, 7) is 6.65. The molecule has 2 heteroatoms. The third-order valence-corrected chi connectivity index (χ3v) is 3.45. The molecule has 15 heavy (non-hydrogen) atoms. The quantitative estimate of drug-likeness (QED) is 0.655. The molecule has 1 aromatic carbocycles. The molecule has 0 atom stereocenters. The third-order valence-electron chi connectivity index (χ3n) is 3.45. The second-order valence-electron chi connectivity index (χ2n) is 4.82. The maximum Gasteiger partial charge on any atom is 0.0446 e. The van der Waals surface area contributed by atoms with Crippen molar-refractivity contribution in [2.24, 2.45) is 0 Å². The molecule has 2 rings (SSSR count). The van der Waals surface area contributed by atoms with Gasteiger partial charge in [-0.25, -0.2) is 0 Å². The molecule has 1 aliphatic rings. The molecular weight excluding hydrogens is 184 g/mol. The number of nitrogens with two attached hydrogens (primary N) is 1. The van der Waals surface area contributed by atoms with Gasteiger partial charge >= 0.3 is 0 Å². The van der Waals surface area contributed by atoms with Crippen molar-refractivity contribution in [3.05, 3.63) is 35.5 Å². The molecule has 0 saturated heterocycles. The summed E-state index contributed by atoms with van der Waals surface area (Å²) < 4.78 is 0. The maximum atomic E-state index is 5.86. The first-order valence-electron chi connectivity index (χ1n) is 5.24. The number of hydrogen-bond acceptors (Lipinski definition) is 2. The Balaban J connectivity index is 2.67. The molecule has 0 radical (unpaired) electrons. The zero-order valence-corrected chi connectivity index (χ0v) is 9.83. The number of anilines is 2. The van der Waals surface area contributed by atoms with Crippen LogP contribution in [0.3, 0.4) is 0 Å². The summed E-state index contributed by atoms with van der Waals surface area (Å²) in [7, 11) is 2.08. The molecule has 80 valence electrons. The van der Waals surface area contributed by atoms with Crippen LogP contribution < -0.4 is 10.6 Å². The number of allylic oxidation sites excluding steroid dienone is 1. The van der Waals surface area contributed by atoms with E-state index in [1.165, 1.54) is 16.8 Å². The number of nitrogens with zero attached hydrogens (tertiary/aromatic N) is 1. The summed E-state index contributed by atoms with van der Waals surface area (Å²) >= 11 is 0. The first kappa shape index (κ1) is 10.1. The van der Waals surface area contributed by atoms with Crippen molar-refractivity contribution >= 4 is 11.4 Å². The van der Waals surface area contributed by atoms with E-state index in [0.717, 1.165) is 5.69 Å². The van der Waals surface area contributed by atoms with Crippen LogP contribution >= 0.6 is 0 Å². The van der Waals surface area contributed by atoms with Crippen LogP contribution in [0.25, 0.3) is 0 Å². The molecular formula is C13H18N2. The molecule has 0 bridgehead atoms. The lowest BCUT2D eigenvalue weighted by Gasteiger charge is -2.37. The van der Waals surface area contributed by atoms with Crippen molar-refractivity contribution in [3.8, 4) is 0 Å². The number of benzene rings is 1. The van der Waals surface area contributed by atoms with Gasteiger partial charge in [-0.1, -0.05) is 13.8 Å². The lowest BCUT2D eigenvalue weighted by molar-refractivity contribution is 0.610.